The van der Waals surface area contributed by atoms with Crippen LogP contribution in [-0.2, 0) is 26.9 Å². The fraction of sp³-hybridized carbons (Fsp3) is 0.300. The molecule has 1 atom stereocenters. The van der Waals surface area contributed by atoms with Gasteiger partial charge in [-0.3, -0.25) is 23.2 Å². The second-order valence-electron chi connectivity index (χ2n) is 6.52. The minimum Gasteiger partial charge on any atom is -0.506 e. The Hall–Kier alpha value is -2.87. The number of Topliss-reactive ketones (excluding diaryl/α,β-unsaturated/α-hetero) is 2. The molecule has 1 aliphatic rings. The molecule has 0 radical (unpaired) electrons. The molecule has 1 unspecified atom stereocenters. The average Bonchev–Trinajstić information content (AvgIpc) is 2.67. The summed E-state index contributed by atoms with van der Waals surface area (Å²) in [4.78, 5) is 41.6. The Balaban J connectivity index is 2.18. The zero-order chi connectivity index (χ0) is 20.3. The average molecular weight is 400 g/mol. The van der Waals surface area contributed by atoms with E-state index in [4.69, 9.17) is 0 Å². The van der Waals surface area contributed by atoms with Gasteiger partial charge in [0, 0.05) is 54.0 Å². The third-order valence-corrected chi connectivity index (χ3v) is 5.30. The zero-order valence-electron chi connectivity index (χ0n) is 15.4. The Morgan fingerprint density at radius 1 is 1.14 bits per heavy atom. The molecule has 1 aliphatic carbocycles. The monoisotopic (exact) mass is 400 g/mol. The number of rotatable bonds is 5. The van der Waals surface area contributed by atoms with Crippen molar-refractivity contribution in [1.29, 1.82) is 0 Å². The molecular formula is C20H20N2O5S. The molecule has 1 aromatic heterocycles. The van der Waals surface area contributed by atoms with Crippen molar-refractivity contribution in [3.63, 3.8) is 0 Å². The van der Waals surface area contributed by atoms with Crippen molar-refractivity contribution < 1.29 is 18.9 Å². The highest BCUT2D eigenvalue weighted by Crippen LogP contribution is 2.24. The van der Waals surface area contributed by atoms with Gasteiger partial charge >= 0.3 is 0 Å². The van der Waals surface area contributed by atoms with E-state index >= 15 is 0 Å². The molecule has 0 saturated heterocycles. The maximum Gasteiger partial charge on any atom is 0.264 e. The predicted molar refractivity (Wildman–Crippen MR) is 106 cm³/mol. The van der Waals surface area contributed by atoms with E-state index in [2.05, 4.69) is 4.98 Å². The first kappa shape index (κ1) is 19.9. The molecule has 8 heteroatoms. The van der Waals surface area contributed by atoms with Gasteiger partial charge in [-0.2, -0.15) is 0 Å². The molecule has 1 saturated carbocycles. The first-order valence-electron chi connectivity index (χ1n) is 8.85. The predicted octanol–water partition coefficient (Wildman–Crippen LogP) is 1.88. The smallest absolute Gasteiger partial charge is 0.264 e. The fourth-order valence-corrected chi connectivity index (χ4v) is 3.55. The highest BCUT2D eigenvalue weighted by atomic mass is 32.2. The number of carbonyl (C=O) groups excluding carboxylic acids is 2. The number of ketones is 2. The lowest BCUT2D eigenvalue weighted by Crippen LogP contribution is -2.29. The summed E-state index contributed by atoms with van der Waals surface area (Å²) >= 11 is 0. The number of allylic oxidation sites excluding steroid dienone is 1. The van der Waals surface area contributed by atoms with Crippen molar-refractivity contribution in [2.75, 3.05) is 12.0 Å². The molecule has 1 aromatic carbocycles. The normalized spacial score (nSPS) is 15.5. The summed E-state index contributed by atoms with van der Waals surface area (Å²) in [5.41, 5.74) is -0.441. The van der Waals surface area contributed by atoms with Crippen LogP contribution in [0.15, 0.2) is 46.9 Å². The van der Waals surface area contributed by atoms with Crippen LogP contribution in [0.4, 0.5) is 0 Å². The lowest BCUT2D eigenvalue weighted by Gasteiger charge is -2.16. The van der Waals surface area contributed by atoms with Crippen molar-refractivity contribution >= 4 is 28.1 Å². The van der Waals surface area contributed by atoms with Crippen LogP contribution in [0.2, 0.25) is 0 Å². The van der Waals surface area contributed by atoms with Crippen LogP contribution in [0, 0.1) is 0 Å². The van der Waals surface area contributed by atoms with Gasteiger partial charge in [0.05, 0.1) is 0 Å². The zero-order valence-corrected chi connectivity index (χ0v) is 16.2. The molecule has 0 bridgehead atoms. The van der Waals surface area contributed by atoms with Gasteiger partial charge in [-0.15, -0.1) is 0 Å². The first-order valence-corrected chi connectivity index (χ1v) is 10.6. The molecule has 3 rings (SSSR count). The van der Waals surface area contributed by atoms with E-state index in [1.54, 1.807) is 24.3 Å². The van der Waals surface area contributed by atoms with Crippen molar-refractivity contribution in [3.8, 4) is 11.4 Å². The maximum atomic E-state index is 13.1. The van der Waals surface area contributed by atoms with Crippen LogP contribution in [0.25, 0.3) is 17.1 Å². The van der Waals surface area contributed by atoms with Gasteiger partial charge < -0.3 is 5.11 Å². The summed E-state index contributed by atoms with van der Waals surface area (Å²) in [6, 6.07) is 9.01. The highest BCUT2D eigenvalue weighted by molar-refractivity contribution is 7.84. The molecule has 0 spiro atoms. The second kappa shape index (κ2) is 8.43. The van der Waals surface area contributed by atoms with Crippen LogP contribution >= 0.6 is 0 Å². The summed E-state index contributed by atoms with van der Waals surface area (Å²) in [5, 5.41) is 10.6. The number of hydrogen-bond donors (Lipinski definition) is 1. The number of benzene rings is 1. The minimum atomic E-state index is -1.14. The molecule has 2 aromatic rings. The summed E-state index contributed by atoms with van der Waals surface area (Å²) in [5.74, 6) is -0.986. The summed E-state index contributed by atoms with van der Waals surface area (Å²) in [7, 11) is -1.14. The Morgan fingerprint density at radius 3 is 2.39 bits per heavy atom. The molecule has 0 amide bonds. The Morgan fingerprint density at radius 2 is 1.79 bits per heavy atom. The standard InChI is InChI=1S/C20H20N2O5S/c1-28(27)11-10-22-19(13-6-3-2-4-7-13)21-12-14(20(22)26)18(25)17-15(23)8-5-9-16(17)24/h2-4,6-7,12,25H,5,8-11H2,1H3. The Labute approximate surface area is 164 Å². The van der Waals surface area contributed by atoms with Gasteiger partial charge in [-0.25, -0.2) is 4.98 Å². The van der Waals surface area contributed by atoms with Gasteiger partial charge in [-0.1, -0.05) is 30.3 Å². The van der Waals surface area contributed by atoms with Crippen LogP contribution < -0.4 is 5.56 Å². The lowest BCUT2D eigenvalue weighted by atomic mass is 9.90. The number of aromatic nitrogens is 2. The van der Waals surface area contributed by atoms with Crippen LogP contribution in [0.1, 0.15) is 24.8 Å². The SMILES string of the molecule is CS(=O)CCn1c(-c2ccccc2)ncc(C(O)=C2C(=O)CCCC2=O)c1=O. The lowest BCUT2D eigenvalue weighted by molar-refractivity contribution is -0.123. The first-order chi connectivity index (χ1) is 13.4. The maximum absolute atomic E-state index is 13.1. The Kier molecular flexibility index (Phi) is 5.99. The van der Waals surface area contributed by atoms with E-state index < -0.39 is 33.7 Å². The topological polar surface area (TPSA) is 106 Å². The number of nitrogens with zero attached hydrogens (tertiary/aromatic N) is 2. The molecule has 1 fully saturated rings. The quantitative estimate of drug-likeness (QED) is 0.467. The van der Waals surface area contributed by atoms with Crippen molar-refractivity contribution in [3.05, 3.63) is 58.0 Å². The second-order valence-corrected chi connectivity index (χ2v) is 8.07. The van der Waals surface area contributed by atoms with E-state index in [0.717, 1.165) is 0 Å². The fourth-order valence-electron chi connectivity index (χ4n) is 3.11. The molecular weight excluding hydrogens is 380 g/mol. The molecule has 1 heterocycles. The highest BCUT2D eigenvalue weighted by Gasteiger charge is 2.29. The Bertz CT molecular complexity index is 1020. The minimum absolute atomic E-state index is 0.123. The number of carbonyl (C=O) groups is 2. The van der Waals surface area contributed by atoms with E-state index in [-0.39, 0.29) is 36.3 Å². The largest absolute Gasteiger partial charge is 0.506 e. The van der Waals surface area contributed by atoms with Crippen LogP contribution in [0.3, 0.4) is 0 Å². The van der Waals surface area contributed by atoms with Gasteiger partial charge in [0.15, 0.2) is 11.6 Å². The molecule has 7 nitrogen and oxygen atoms in total. The molecule has 146 valence electrons. The van der Waals surface area contributed by atoms with Gasteiger partial charge in [0.1, 0.15) is 22.7 Å². The molecule has 28 heavy (non-hydrogen) atoms. The summed E-state index contributed by atoms with van der Waals surface area (Å²) in [6.45, 7) is 0.123. The third-order valence-electron chi connectivity index (χ3n) is 4.54. The van der Waals surface area contributed by atoms with Crippen molar-refractivity contribution in [2.45, 2.75) is 25.8 Å². The van der Waals surface area contributed by atoms with Crippen LogP contribution in [0.5, 0.6) is 0 Å². The van der Waals surface area contributed by atoms with E-state index in [1.807, 2.05) is 6.07 Å². The van der Waals surface area contributed by atoms with Gasteiger partial charge in [0.2, 0.25) is 0 Å². The van der Waals surface area contributed by atoms with Crippen molar-refractivity contribution in [1.82, 2.24) is 9.55 Å². The van der Waals surface area contributed by atoms with E-state index in [0.29, 0.717) is 17.8 Å². The molecule has 1 N–H and O–H groups in total. The summed E-state index contributed by atoms with van der Waals surface area (Å²) in [6.07, 6.45) is 3.46. The van der Waals surface area contributed by atoms with Crippen LogP contribution in [-0.4, -0.2) is 42.4 Å². The van der Waals surface area contributed by atoms with Gasteiger partial charge in [-0.05, 0) is 6.42 Å². The van der Waals surface area contributed by atoms with E-state index in [9.17, 15) is 23.7 Å². The third kappa shape index (κ3) is 4.01. The van der Waals surface area contributed by atoms with Gasteiger partial charge in [0.25, 0.3) is 5.56 Å². The van der Waals surface area contributed by atoms with E-state index in [1.165, 1.54) is 17.0 Å². The number of aliphatic hydroxyl groups is 1. The summed E-state index contributed by atoms with van der Waals surface area (Å²) < 4.78 is 12.9. The molecule has 0 aliphatic heterocycles. The number of aliphatic hydroxyl groups excluding tert-OH is 1. The van der Waals surface area contributed by atoms with Crippen molar-refractivity contribution in [2.24, 2.45) is 0 Å². The number of hydrogen-bond acceptors (Lipinski definition) is 6.